The van der Waals surface area contributed by atoms with Gasteiger partial charge in [0.05, 0.1) is 0 Å². The Hall–Kier alpha value is -3.36. The van der Waals surface area contributed by atoms with Crippen LogP contribution >= 0.6 is 0 Å². The molecule has 160 valence electrons. The Morgan fingerprint density at radius 1 is 1.30 bits per heavy atom. The van der Waals surface area contributed by atoms with Crippen LogP contribution in [0.25, 0.3) is 0 Å². The SMILES string of the molecule is Cc1noc(C2CC(C)C[C@@H](C)N2C(=O)Nc2ccc(C)c(C3=NC=CNN3)c2)n1.[HH]. The summed E-state index contributed by atoms with van der Waals surface area (Å²) < 4.78 is 5.43. The fourth-order valence-electron chi connectivity index (χ4n) is 4.18. The number of aliphatic imine (C=N–C) groups is 1. The zero-order valence-electron chi connectivity index (χ0n) is 17.6. The number of rotatable bonds is 3. The van der Waals surface area contributed by atoms with Crippen molar-refractivity contribution < 1.29 is 10.7 Å². The smallest absolute Gasteiger partial charge is 0.322 e. The highest BCUT2D eigenvalue weighted by molar-refractivity contribution is 6.02. The van der Waals surface area contributed by atoms with Gasteiger partial charge in [0.25, 0.3) is 0 Å². The number of nitrogens with zero attached hydrogens (tertiary/aromatic N) is 4. The average Bonchev–Trinajstić information content (AvgIpc) is 3.15. The predicted octanol–water partition coefficient (Wildman–Crippen LogP) is 3.65. The third-order valence-corrected chi connectivity index (χ3v) is 5.54. The van der Waals surface area contributed by atoms with E-state index >= 15 is 0 Å². The number of likely N-dealkylation sites (tertiary alicyclic amines) is 1. The summed E-state index contributed by atoms with van der Waals surface area (Å²) in [4.78, 5) is 23.9. The molecule has 1 fully saturated rings. The molecular formula is C21H29N7O2. The number of hydrazine groups is 1. The minimum atomic E-state index is -0.242. The van der Waals surface area contributed by atoms with Crippen LogP contribution in [0.2, 0.25) is 0 Å². The number of piperidine rings is 1. The first-order valence-electron chi connectivity index (χ1n) is 10.2. The molecule has 1 aromatic heterocycles. The summed E-state index contributed by atoms with van der Waals surface area (Å²) in [5, 5.41) is 6.96. The van der Waals surface area contributed by atoms with Crippen LogP contribution < -0.4 is 16.2 Å². The highest BCUT2D eigenvalue weighted by atomic mass is 16.5. The van der Waals surface area contributed by atoms with Gasteiger partial charge in [0, 0.05) is 31.1 Å². The third-order valence-electron chi connectivity index (χ3n) is 5.54. The molecule has 2 unspecified atom stereocenters. The van der Waals surface area contributed by atoms with E-state index < -0.39 is 0 Å². The summed E-state index contributed by atoms with van der Waals surface area (Å²) in [5.74, 6) is 2.22. The van der Waals surface area contributed by atoms with Crippen molar-refractivity contribution >= 4 is 17.6 Å². The Kier molecular flexibility index (Phi) is 5.43. The normalized spacial score (nSPS) is 23.4. The van der Waals surface area contributed by atoms with E-state index in [0.717, 1.165) is 24.0 Å². The van der Waals surface area contributed by atoms with E-state index in [1.165, 1.54) is 0 Å². The van der Waals surface area contributed by atoms with E-state index in [2.05, 4.69) is 45.1 Å². The van der Waals surface area contributed by atoms with E-state index in [4.69, 9.17) is 4.52 Å². The number of carbonyl (C=O) groups excluding carboxylic acids is 1. The molecule has 9 nitrogen and oxygen atoms in total. The molecule has 0 aliphatic carbocycles. The Balaban J connectivity index is 0.00000272. The summed E-state index contributed by atoms with van der Waals surface area (Å²) in [7, 11) is 0. The number of carbonyl (C=O) groups is 1. The maximum Gasteiger partial charge on any atom is 0.322 e. The molecule has 9 heteroatoms. The molecule has 2 aliphatic rings. The molecule has 2 aromatic rings. The second-order valence-corrected chi connectivity index (χ2v) is 8.05. The van der Waals surface area contributed by atoms with Crippen LogP contribution in [0.4, 0.5) is 10.5 Å². The van der Waals surface area contributed by atoms with Gasteiger partial charge in [0.15, 0.2) is 11.7 Å². The van der Waals surface area contributed by atoms with Crippen molar-refractivity contribution in [2.45, 2.75) is 52.6 Å². The maximum absolute atomic E-state index is 13.3. The largest absolute Gasteiger partial charge is 0.337 e. The Labute approximate surface area is 177 Å². The summed E-state index contributed by atoms with van der Waals surface area (Å²) in [6, 6.07) is 5.41. The summed E-state index contributed by atoms with van der Waals surface area (Å²) in [5.41, 5.74) is 8.62. The van der Waals surface area contributed by atoms with Crippen LogP contribution in [-0.2, 0) is 0 Å². The first-order valence-corrected chi connectivity index (χ1v) is 10.2. The third kappa shape index (κ3) is 4.00. The highest BCUT2D eigenvalue weighted by Gasteiger charge is 2.38. The minimum Gasteiger partial charge on any atom is -0.337 e. The van der Waals surface area contributed by atoms with Crippen molar-refractivity contribution in [2.24, 2.45) is 10.9 Å². The van der Waals surface area contributed by atoms with Gasteiger partial charge in [0.1, 0.15) is 6.04 Å². The van der Waals surface area contributed by atoms with Gasteiger partial charge in [-0.2, -0.15) is 4.98 Å². The van der Waals surface area contributed by atoms with Crippen LogP contribution in [0.5, 0.6) is 0 Å². The number of urea groups is 1. The van der Waals surface area contributed by atoms with Crippen LogP contribution in [0.3, 0.4) is 0 Å². The molecule has 1 aromatic carbocycles. The predicted molar refractivity (Wildman–Crippen MR) is 116 cm³/mol. The lowest BCUT2D eigenvalue weighted by Crippen LogP contribution is -2.48. The summed E-state index contributed by atoms with van der Waals surface area (Å²) >= 11 is 0. The Morgan fingerprint density at radius 3 is 2.83 bits per heavy atom. The maximum atomic E-state index is 13.3. The highest BCUT2D eigenvalue weighted by Crippen LogP contribution is 2.37. The number of aromatic nitrogens is 2. The van der Waals surface area contributed by atoms with Gasteiger partial charge in [0.2, 0.25) is 5.89 Å². The Bertz CT molecular complexity index is 1000. The lowest BCUT2D eigenvalue weighted by atomic mass is 9.88. The first kappa shape index (κ1) is 19.9. The molecule has 30 heavy (non-hydrogen) atoms. The minimum absolute atomic E-state index is 0. The van der Waals surface area contributed by atoms with Crippen molar-refractivity contribution in [2.75, 3.05) is 5.32 Å². The molecule has 4 rings (SSSR count). The molecule has 2 aliphatic heterocycles. The van der Waals surface area contributed by atoms with Gasteiger partial charge in [-0.05, 0) is 57.2 Å². The van der Waals surface area contributed by atoms with E-state index in [1.807, 2.05) is 30.0 Å². The quantitative estimate of drug-likeness (QED) is 0.712. The number of anilines is 1. The van der Waals surface area contributed by atoms with Crippen molar-refractivity contribution in [3.05, 3.63) is 53.4 Å². The molecule has 0 saturated carbocycles. The van der Waals surface area contributed by atoms with E-state index in [1.54, 1.807) is 19.3 Å². The van der Waals surface area contributed by atoms with Crippen molar-refractivity contribution in [3.8, 4) is 0 Å². The van der Waals surface area contributed by atoms with Gasteiger partial charge >= 0.3 is 6.03 Å². The number of amidine groups is 1. The van der Waals surface area contributed by atoms with E-state index in [-0.39, 0.29) is 19.5 Å². The molecule has 3 atom stereocenters. The number of nitrogens with one attached hydrogen (secondary N) is 3. The number of benzene rings is 1. The monoisotopic (exact) mass is 411 g/mol. The Morgan fingerprint density at radius 2 is 2.13 bits per heavy atom. The lowest BCUT2D eigenvalue weighted by Gasteiger charge is -2.41. The van der Waals surface area contributed by atoms with Crippen LogP contribution in [0, 0.1) is 19.8 Å². The molecule has 2 amide bonds. The zero-order valence-corrected chi connectivity index (χ0v) is 17.6. The molecule has 0 spiro atoms. The second kappa shape index (κ2) is 8.17. The lowest BCUT2D eigenvalue weighted by molar-refractivity contribution is 0.0818. The zero-order chi connectivity index (χ0) is 21.3. The average molecular weight is 412 g/mol. The molecule has 0 radical (unpaired) electrons. The van der Waals surface area contributed by atoms with Gasteiger partial charge in [-0.15, -0.1) is 0 Å². The molecule has 0 bridgehead atoms. The van der Waals surface area contributed by atoms with Gasteiger partial charge in [-0.3, -0.25) is 5.43 Å². The molecule has 3 heterocycles. The number of amides is 2. The number of hydrogen-bond donors (Lipinski definition) is 3. The van der Waals surface area contributed by atoms with Crippen molar-refractivity contribution in [1.29, 1.82) is 0 Å². The van der Waals surface area contributed by atoms with Gasteiger partial charge in [-0.1, -0.05) is 18.1 Å². The fourth-order valence-corrected chi connectivity index (χ4v) is 4.18. The molecule has 3 N–H and O–H groups in total. The topological polar surface area (TPSA) is 108 Å². The van der Waals surface area contributed by atoms with Crippen LogP contribution in [-0.4, -0.2) is 32.9 Å². The van der Waals surface area contributed by atoms with Crippen molar-refractivity contribution in [1.82, 2.24) is 25.9 Å². The van der Waals surface area contributed by atoms with Crippen LogP contribution in [0.1, 0.15) is 57.0 Å². The van der Waals surface area contributed by atoms with Crippen LogP contribution in [0.15, 0.2) is 40.1 Å². The molecule has 1 saturated heterocycles. The second-order valence-electron chi connectivity index (χ2n) is 8.05. The first-order chi connectivity index (χ1) is 14.4. The van der Waals surface area contributed by atoms with Crippen molar-refractivity contribution in [3.63, 3.8) is 0 Å². The standard InChI is InChI=1S/C21H27N7O2.H2/c1-12-9-14(3)28(18(10-12)20-24-15(4)27-30-20)21(29)25-16-6-5-13(2)17(11-16)19-22-7-8-23-26-19;/h5-8,11-12,14,18,23H,9-10H2,1-4H3,(H,22,26)(H,25,29);1H/t12?,14-,18?;/m1./s1. The van der Waals surface area contributed by atoms with E-state index in [9.17, 15) is 4.79 Å². The molecular weight excluding hydrogens is 382 g/mol. The fraction of sp³-hybridized carbons (Fsp3) is 0.429. The number of aryl methyl sites for hydroxylation is 2. The summed E-state index contributed by atoms with van der Waals surface area (Å²) in [6.07, 6.45) is 5.11. The van der Waals surface area contributed by atoms with E-state index in [0.29, 0.717) is 29.2 Å². The van der Waals surface area contributed by atoms with Gasteiger partial charge in [-0.25, -0.2) is 9.79 Å². The number of hydrogen-bond acceptors (Lipinski definition) is 7. The summed E-state index contributed by atoms with van der Waals surface area (Å²) in [6.45, 7) is 8.04. The van der Waals surface area contributed by atoms with Gasteiger partial charge < -0.3 is 20.2 Å².